The zero-order chi connectivity index (χ0) is 12.6. The first-order valence-corrected chi connectivity index (χ1v) is 9.60. The summed E-state index contributed by atoms with van der Waals surface area (Å²) in [4.78, 5) is 0. The molecule has 4 heteroatoms. The largest absolute Gasteiger partial charge is 0.414 e. The third-order valence-electron chi connectivity index (χ3n) is 4.00. The Labute approximate surface area is 106 Å². The van der Waals surface area contributed by atoms with E-state index >= 15 is 0 Å². The van der Waals surface area contributed by atoms with E-state index in [1.54, 1.807) is 0 Å². The molecule has 1 rings (SSSR count). The monoisotopic (exact) mass is 262 g/mol. The molecule has 3 atom stereocenters. The van der Waals surface area contributed by atoms with Crippen molar-refractivity contribution >= 4 is 20.9 Å². The van der Waals surface area contributed by atoms with Gasteiger partial charge < -0.3 is 9.53 Å². The van der Waals surface area contributed by atoms with E-state index in [1.165, 1.54) is 0 Å². The number of aliphatic hydroxyl groups is 1. The predicted octanol–water partition coefficient (Wildman–Crippen LogP) is 3.22. The van der Waals surface area contributed by atoms with Gasteiger partial charge in [-0.2, -0.15) is 12.6 Å². The standard InChI is InChI=1S/C12H26O2SSi/c1-12(2,3)16(4,5)14-9-6-7-10(13)11(15)8-9/h9-11,13,15H,6-8H2,1-5H3/t9-,10+,11+/m0/s1. The van der Waals surface area contributed by atoms with E-state index < -0.39 is 8.32 Å². The van der Waals surface area contributed by atoms with Crippen molar-refractivity contribution in [3.8, 4) is 0 Å². The highest BCUT2D eigenvalue weighted by molar-refractivity contribution is 7.81. The number of thiol groups is 1. The van der Waals surface area contributed by atoms with Crippen LogP contribution in [0.5, 0.6) is 0 Å². The van der Waals surface area contributed by atoms with Crippen LogP contribution in [0.3, 0.4) is 0 Å². The summed E-state index contributed by atoms with van der Waals surface area (Å²) in [6.07, 6.45) is 2.74. The summed E-state index contributed by atoms with van der Waals surface area (Å²) in [5, 5.41) is 9.98. The van der Waals surface area contributed by atoms with Gasteiger partial charge in [0, 0.05) is 11.4 Å². The van der Waals surface area contributed by atoms with Crippen LogP contribution < -0.4 is 0 Å². The van der Waals surface area contributed by atoms with E-state index in [1.807, 2.05) is 0 Å². The molecule has 0 aromatic heterocycles. The van der Waals surface area contributed by atoms with E-state index in [9.17, 15) is 5.11 Å². The maximum absolute atomic E-state index is 9.63. The first kappa shape index (κ1) is 14.5. The van der Waals surface area contributed by atoms with E-state index in [4.69, 9.17) is 4.43 Å². The normalized spacial score (nSPS) is 32.8. The van der Waals surface area contributed by atoms with Crippen LogP contribution in [0.4, 0.5) is 0 Å². The SMILES string of the molecule is CC(C)(C)[Si](C)(C)O[C@H]1CC[C@@H](O)[C@H](S)C1. The summed E-state index contributed by atoms with van der Waals surface area (Å²) < 4.78 is 6.34. The van der Waals surface area contributed by atoms with Crippen molar-refractivity contribution in [2.45, 2.75) is 75.6 Å². The van der Waals surface area contributed by atoms with Crippen LogP contribution >= 0.6 is 12.6 Å². The van der Waals surface area contributed by atoms with Crippen molar-refractivity contribution in [2.75, 3.05) is 0 Å². The molecule has 0 heterocycles. The molecule has 0 aromatic carbocycles. The van der Waals surface area contributed by atoms with Crippen molar-refractivity contribution in [1.29, 1.82) is 0 Å². The maximum atomic E-state index is 9.63. The van der Waals surface area contributed by atoms with Crippen molar-refractivity contribution in [3.05, 3.63) is 0 Å². The van der Waals surface area contributed by atoms with Crippen molar-refractivity contribution in [1.82, 2.24) is 0 Å². The van der Waals surface area contributed by atoms with Crippen LogP contribution in [0.15, 0.2) is 0 Å². The Kier molecular flexibility index (Phi) is 4.55. The molecule has 1 fully saturated rings. The highest BCUT2D eigenvalue weighted by Gasteiger charge is 2.40. The van der Waals surface area contributed by atoms with Crippen molar-refractivity contribution in [2.24, 2.45) is 0 Å². The quantitative estimate of drug-likeness (QED) is 0.591. The molecule has 1 saturated carbocycles. The second-order valence-corrected chi connectivity index (χ2v) is 11.9. The second-order valence-electron chi connectivity index (χ2n) is 6.45. The first-order chi connectivity index (χ1) is 7.13. The number of aliphatic hydroxyl groups excluding tert-OH is 1. The molecule has 2 nitrogen and oxygen atoms in total. The molecule has 0 amide bonds. The molecule has 0 aliphatic heterocycles. The van der Waals surface area contributed by atoms with Gasteiger partial charge in [-0.1, -0.05) is 20.8 Å². The minimum Gasteiger partial charge on any atom is -0.414 e. The number of hydrogen-bond donors (Lipinski definition) is 2. The molecule has 1 N–H and O–H groups in total. The molecule has 0 unspecified atom stereocenters. The topological polar surface area (TPSA) is 29.5 Å². The Bertz CT molecular complexity index is 238. The molecule has 0 aromatic rings. The Morgan fingerprint density at radius 1 is 1.25 bits per heavy atom. The summed E-state index contributed by atoms with van der Waals surface area (Å²) in [7, 11) is -1.66. The van der Waals surface area contributed by atoms with Gasteiger partial charge in [-0.05, 0) is 37.4 Å². The minimum absolute atomic E-state index is 0.0866. The first-order valence-electron chi connectivity index (χ1n) is 6.17. The Morgan fingerprint density at radius 3 is 2.25 bits per heavy atom. The Hall–Kier alpha value is 0.487. The highest BCUT2D eigenvalue weighted by Crippen LogP contribution is 2.39. The van der Waals surface area contributed by atoms with Crippen LogP contribution in [0.2, 0.25) is 18.1 Å². The smallest absolute Gasteiger partial charge is 0.192 e. The molecule has 0 radical (unpaired) electrons. The summed E-state index contributed by atoms with van der Waals surface area (Å²) >= 11 is 4.42. The van der Waals surface area contributed by atoms with Gasteiger partial charge in [0.2, 0.25) is 0 Å². The van der Waals surface area contributed by atoms with E-state index in [0.29, 0.717) is 6.10 Å². The molecule has 0 spiro atoms. The van der Waals surface area contributed by atoms with Crippen LogP contribution in [-0.4, -0.2) is 30.9 Å². The van der Waals surface area contributed by atoms with Crippen LogP contribution in [0, 0.1) is 0 Å². The van der Waals surface area contributed by atoms with Gasteiger partial charge in [-0.15, -0.1) is 0 Å². The summed E-state index contributed by atoms with van der Waals surface area (Å²) in [5.41, 5.74) is 0. The number of hydrogen-bond acceptors (Lipinski definition) is 3. The van der Waals surface area contributed by atoms with Gasteiger partial charge in [0.15, 0.2) is 8.32 Å². The maximum Gasteiger partial charge on any atom is 0.192 e. The lowest BCUT2D eigenvalue weighted by Gasteiger charge is -2.41. The molecular weight excluding hydrogens is 236 g/mol. The fourth-order valence-corrected chi connectivity index (χ4v) is 3.58. The summed E-state index contributed by atoms with van der Waals surface area (Å²) in [5.74, 6) is 0. The zero-order valence-corrected chi connectivity index (χ0v) is 13.1. The molecular formula is C12H26O2SSi. The summed E-state index contributed by atoms with van der Waals surface area (Å²) in [6, 6.07) is 0. The predicted molar refractivity (Wildman–Crippen MR) is 74.7 cm³/mol. The molecule has 16 heavy (non-hydrogen) atoms. The van der Waals surface area contributed by atoms with Crippen LogP contribution in [0.1, 0.15) is 40.0 Å². The third kappa shape index (κ3) is 3.49. The van der Waals surface area contributed by atoms with Crippen LogP contribution in [-0.2, 0) is 4.43 Å². The number of rotatable bonds is 2. The zero-order valence-electron chi connectivity index (χ0n) is 11.2. The highest BCUT2D eigenvalue weighted by atomic mass is 32.1. The van der Waals surface area contributed by atoms with Gasteiger partial charge >= 0.3 is 0 Å². The molecule has 1 aliphatic carbocycles. The Balaban J connectivity index is 2.55. The van der Waals surface area contributed by atoms with Gasteiger partial charge in [-0.25, -0.2) is 0 Å². The Morgan fingerprint density at radius 2 is 1.81 bits per heavy atom. The molecule has 96 valence electrons. The fraction of sp³-hybridized carbons (Fsp3) is 1.00. The lowest BCUT2D eigenvalue weighted by Crippen LogP contribution is -2.46. The van der Waals surface area contributed by atoms with Gasteiger partial charge in [0.1, 0.15) is 0 Å². The van der Waals surface area contributed by atoms with Gasteiger partial charge in [0.05, 0.1) is 6.10 Å². The van der Waals surface area contributed by atoms with Gasteiger partial charge in [0.25, 0.3) is 0 Å². The molecule has 0 bridgehead atoms. The lowest BCUT2D eigenvalue weighted by atomic mass is 9.95. The lowest BCUT2D eigenvalue weighted by molar-refractivity contribution is 0.0656. The van der Waals surface area contributed by atoms with E-state index in [0.717, 1.165) is 19.3 Å². The minimum atomic E-state index is -1.66. The van der Waals surface area contributed by atoms with E-state index in [2.05, 4.69) is 46.5 Å². The van der Waals surface area contributed by atoms with Gasteiger partial charge in [-0.3, -0.25) is 0 Å². The molecule has 1 aliphatic rings. The van der Waals surface area contributed by atoms with Crippen LogP contribution in [0.25, 0.3) is 0 Å². The van der Waals surface area contributed by atoms with Crippen molar-refractivity contribution < 1.29 is 9.53 Å². The average Bonchev–Trinajstić information content (AvgIpc) is 2.09. The van der Waals surface area contributed by atoms with Crippen molar-refractivity contribution in [3.63, 3.8) is 0 Å². The van der Waals surface area contributed by atoms with E-state index in [-0.39, 0.29) is 16.4 Å². The second kappa shape index (κ2) is 5.00. The average molecular weight is 262 g/mol. The summed E-state index contributed by atoms with van der Waals surface area (Å²) in [6.45, 7) is 11.3. The molecule has 0 saturated heterocycles. The fourth-order valence-electron chi connectivity index (χ4n) is 1.79. The third-order valence-corrected chi connectivity index (χ3v) is 9.09.